The van der Waals surface area contributed by atoms with Gasteiger partial charge in [-0.15, -0.1) is 22.0 Å². The number of nitrogens with one attached hydrogen (secondary N) is 1. The molecule has 0 saturated carbocycles. The van der Waals surface area contributed by atoms with E-state index in [4.69, 9.17) is 0 Å². The minimum Gasteiger partial charge on any atom is -0.347 e. The molecule has 0 unspecified atom stereocenters. The van der Waals surface area contributed by atoms with Crippen LogP contribution in [-0.2, 0) is 23.2 Å². The Morgan fingerprint density at radius 2 is 2.13 bits per heavy atom. The van der Waals surface area contributed by atoms with Gasteiger partial charge in [0.05, 0.1) is 12.4 Å². The fourth-order valence-corrected chi connectivity index (χ4v) is 3.76. The van der Waals surface area contributed by atoms with Crippen molar-refractivity contribution in [1.29, 1.82) is 0 Å². The molecule has 1 aliphatic rings. The number of hydrogen-bond donors (Lipinski definition) is 1. The van der Waals surface area contributed by atoms with Gasteiger partial charge in [-0.1, -0.05) is 20.8 Å². The van der Waals surface area contributed by atoms with Crippen molar-refractivity contribution in [2.75, 3.05) is 11.6 Å². The Morgan fingerprint density at radius 1 is 1.39 bits per heavy atom. The molecule has 0 bridgehead atoms. The monoisotopic (exact) mass is 339 g/mol. The molecule has 1 aliphatic heterocycles. The minimum atomic E-state index is -0.378. The Hall–Kier alpha value is -1.57. The summed E-state index contributed by atoms with van der Waals surface area (Å²) in [6, 6.07) is -0.378. The topological polar surface area (TPSA) is 80.1 Å². The predicted octanol–water partition coefficient (Wildman–Crippen LogP) is 1.26. The lowest BCUT2D eigenvalue weighted by Gasteiger charge is -2.22. The molecular formula is C15H25N5O2S. The van der Waals surface area contributed by atoms with E-state index >= 15 is 0 Å². The zero-order valence-electron chi connectivity index (χ0n) is 14.2. The van der Waals surface area contributed by atoms with Crippen molar-refractivity contribution in [2.45, 2.75) is 52.1 Å². The number of amides is 2. The van der Waals surface area contributed by atoms with Gasteiger partial charge in [-0.3, -0.25) is 9.59 Å². The Balaban J connectivity index is 1.95. The van der Waals surface area contributed by atoms with E-state index in [-0.39, 0.29) is 23.8 Å². The third-order valence-electron chi connectivity index (χ3n) is 3.91. The van der Waals surface area contributed by atoms with E-state index in [2.05, 4.69) is 29.4 Å². The van der Waals surface area contributed by atoms with Gasteiger partial charge in [0.1, 0.15) is 11.9 Å². The molecule has 0 aliphatic carbocycles. The molecule has 0 spiro atoms. The third kappa shape index (κ3) is 4.04. The summed E-state index contributed by atoms with van der Waals surface area (Å²) in [5.41, 5.74) is 0. The summed E-state index contributed by atoms with van der Waals surface area (Å²) >= 11 is 1.62. The predicted molar refractivity (Wildman–Crippen MR) is 89.8 cm³/mol. The van der Waals surface area contributed by atoms with Crippen LogP contribution in [0.2, 0.25) is 0 Å². The van der Waals surface area contributed by atoms with E-state index in [1.54, 1.807) is 16.7 Å². The maximum Gasteiger partial charge on any atom is 0.244 e. The lowest BCUT2D eigenvalue weighted by molar-refractivity contribution is -0.138. The zero-order chi connectivity index (χ0) is 17.0. The van der Waals surface area contributed by atoms with Gasteiger partial charge >= 0.3 is 0 Å². The van der Waals surface area contributed by atoms with Crippen LogP contribution in [0.5, 0.6) is 0 Å². The fourth-order valence-electron chi connectivity index (χ4n) is 2.58. The van der Waals surface area contributed by atoms with Crippen LogP contribution in [0.1, 0.15) is 51.2 Å². The molecule has 8 heteroatoms. The maximum absolute atomic E-state index is 12.4. The molecule has 2 amide bonds. The summed E-state index contributed by atoms with van der Waals surface area (Å²) in [5.74, 6) is 3.08. The summed E-state index contributed by atoms with van der Waals surface area (Å²) in [6.45, 7) is 6.40. The summed E-state index contributed by atoms with van der Waals surface area (Å²) in [5, 5.41) is 11.2. The summed E-state index contributed by atoms with van der Waals surface area (Å²) < 4.78 is 1.91. The van der Waals surface area contributed by atoms with Gasteiger partial charge < -0.3 is 14.8 Å². The molecule has 7 nitrogen and oxygen atoms in total. The number of rotatable bonds is 6. The Kier molecular flexibility index (Phi) is 6.04. The van der Waals surface area contributed by atoms with Crippen LogP contribution in [0.4, 0.5) is 0 Å². The van der Waals surface area contributed by atoms with Crippen LogP contribution in [0.25, 0.3) is 0 Å². The SMILES string of the molecule is CCCC(=O)N1CSC[C@@H]1C(=O)NCc1nnc(C(C)C)n1C. The summed E-state index contributed by atoms with van der Waals surface area (Å²) in [6.07, 6.45) is 1.29. The van der Waals surface area contributed by atoms with Crippen molar-refractivity contribution in [3.8, 4) is 0 Å². The third-order valence-corrected chi connectivity index (χ3v) is 4.92. The van der Waals surface area contributed by atoms with E-state index < -0.39 is 0 Å². The van der Waals surface area contributed by atoms with Crippen molar-refractivity contribution in [2.24, 2.45) is 7.05 Å². The van der Waals surface area contributed by atoms with Gasteiger partial charge in [0.2, 0.25) is 11.8 Å². The van der Waals surface area contributed by atoms with Crippen LogP contribution in [0.3, 0.4) is 0 Å². The second kappa shape index (κ2) is 7.81. The molecule has 2 heterocycles. The molecule has 1 N–H and O–H groups in total. The van der Waals surface area contributed by atoms with Crippen molar-refractivity contribution in [3.05, 3.63) is 11.6 Å². The van der Waals surface area contributed by atoms with Crippen LogP contribution in [0.15, 0.2) is 0 Å². The Morgan fingerprint density at radius 3 is 2.74 bits per heavy atom. The van der Waals surface area contributed by atoms with Crippen LogP contribution in [-0.4, -0.2) is 49.2 Å². The lowest BCUT2D eigenvalue weighted by atomic mass is 10.2. The molecule has 0 aromatic carbocycles. The van der Waals surface area contributed by atoms with Crippen molar-refractivity contribution in [1.82, 2.24) is 25.0 Å². The maximum atomic E-state index is 12.4. The van der Waals surface area contributed by atoms with E-state index in [0.717, 1.165) is 18.1 Å². The fraction of sp³-hybridized carbons (Fsp3) is 0.733. The highest BCUT2D eigenvalue weighted by atomic mass is 32.2. The number of hydrogen-bond acceptors (Lipinski definition) is 5. The lowest BCUT2D eigenvalue weighted by Crippen LogP contribution is -2.47. The average molecular weight is 339 g/mol. The second-order valence-corrected chi connectivity index (χ2v) is 7.03. The zero-order valence-corrected chi connectivity index (χ0v) is 15.0. The quantitative estimate of drug-likeness (QED) is 0.844. The highest BCUT2D eigenvalue weighted by Gasteiger charge is 2.34. The highest BCUT2D eigenvalue weighted by Crippen LogP contribution is 2.22. The first-order valence-electron chi connectivity index (χ1n) is 7.98. The van der Waals surface area contributed by atoms with Crippen molar-refractivity contribution < 1.29 is 9.59 Å². The number of carbonyl (C=O) groups is 2. The molecule has 1 aromatic rings. The normalized spacial score (nSPS) is 17.8. The molecule has 128 valence electrons. The molecule has 0 radical (unpaired) electrons. The van der Waals surface area contributed by atoms with Crippen molar-refractivity contribution >= 4 is 23.6 Å². The van der Waals surface area contributed by atoms with Gasteiger partial charge in [0.15, 0.2) is 5.82 Å². The van der Waals surface area contributed by atoms with Gasteiger partial charge in [-0.2, -0.15) is 0 Å². The van der Waals surface area contributed by atoms with Crippen molar-refractivity contribution in [3.63, 3.8) is 0 Å². The van der Waals surface area contributed by atoms with E-state index in [1.165, 1.54) is 0 Å². The molecular weight excluding hydrogens is 314 g/mol. The number of nitrogens with zero attached hydrogens (tertiary/aromatic N) is 4. The summed E-state index contributed by atoms with van der Waals surface area (Å²) in [7, 11) is 1.90. The van der Waals surface area contributed by atoms with Gasteiger partial charge in [-0.05, 0) is 6.42 Å². The first-order chi connectivity index (χ1) is 11.0. The molecule has 1 atom stereocenters. The minimum absolute atomic E-state index is 0.0541. The summed E-state index contributed by atoms with van der Waals surface area (Å²) in [4.78, 5) is 26.2. The Bertz CT molecular complexity index is 572. The smallest absolute Gasteiger partial charge is 0.244 e. The molecule has 1 saturated heterocycles. The number of carbonyl (C=O) groups excluding carboxylic acids is 2. The highest BCUT2D eigenvalue weighted by molar-refractivity contribution is 7.99. The standard InChI is InChI=1S/C15H25N5O2S/c1-5-6-13(21)20-9-23-8-11(20)15(22)16-7-12-17-18-14(10(2)3)19(12)4/h10-11H,5-9H2,1-4H3,(H,16,22)/t11-/m1/s1. The van der Waals surface area contributed by atoms with E-state index in [1.807, 2.05) is 18.5 Å². The number of thioether (sulfide) groups is 1. The largest absolute Gasteiger partial charge is 0.347 e. The van der Waals surface area contributed by atoms with Gasteiger partial charge in [-0.25, -0.2) is 0 Å². The van der Waals surface area contributed by atoms with Crippen LogP contribution in [0, 0.1) is 0 Å². The first kappa shape index (κ1) is 17.8. The molecule has 2 rings (SSSR count). The van der Waals surface area contributed by atoms with Gasteiger partial charge in [0, 0.05) is 25.1 Å². The molecule has 23 heavy (non-hydrogen) atoms. The Labute approximate surface area is 141 Å². The van der Waals surface area contributed by atoms with E-state index in [9.17, 15) is 9.59 Å². The van der Waals surface area contributed by atoms with E-state index in [0.29, 0.717) is 24.6 Å². The average Bonchev–Trinajstić information content (AvgIpc) is 3.12. The molecule has 1 fully saturated rings. The van der Waals surface area contributed by atoms with Crippen LogP contribution < -0.4 is 5.32 Å². The molecule has 1 aromatic heterocycles. The number of aromatic nitrogens is 3. The van der Waals surface area contributed by atoms with Crippen LogP contribution >= 0.6 is 11.8 Å². The second-order valence-electron chi connectivity index (χ2n) is 6.04. The first-order valence-corrected chi connectivity index (χ1v) is 9.14. The van der Waals surface area contributed by atoms with Gasteiger partial charge in [0.25, 0.3) is 0 Å².